The smallest absolute Gasteiger partial charge is 0.0554 e. The van der Waals surface area contributed by atoms with Crippen LogP contribution in [0.3, 0.4) is 0 Å². The zero-order chi connectivity index (χ0) is 29.4. The molecular weight excluding hydrogens is 620 g/mol. The Morgan fingerprint density at radius 1 is 0.386 bits per heavy atom. The summed E-state index contributed by atoms with van der Waals surface area (Å²) in [4.78, 5) is 0. The molecule has 8 aromatic rings. The van der Waals surface area contributed by atoms with Crippen LogP contribution in [0.5, 0.6) is 0 Å². The van der Waals surface area contributed by atoms with Crippen molar-refractivity contribution in [1.82, 2.24) is 0 Å². The molecule has 0 N–H and O–H groups in total. The molecule has 0 spiro atoms. The van der Waals surface area contributed by atoms with Crippen LogP contribution in [0.4, 0.5) is 0 Å². The molecule has 2 heteroatoms. The lowest BCUT2D eigenvalue weighted by Gasteiger charge is -2.21. The molecule has 0 atom stereocenters. The first kappa shape index (κ1) is 25.8. The molecular formula is C42H24BrCl. The predicted molar refractivity (Wildman–Crippen MR) is 192 cm³/mol. The fourth-order valence-electron chi connectivity index (χ4n) is 7.35. The molecule has 0 radical (unpaired) electrons. The van der Waals surface area contributed by atoms with Crippen molar-refractivity contribution in [2.45, 2.75) is 0 Å². The first-order chi connectivity index (χ1) is 21.7. The second kappa shape index (κ2) is 9.92. The Morgan fingerprint density at radius 3 is 1.61 bits per heavy atom. The molecule has 0 fully saturated rings. The zero-order valence-corrected chi connectivity index (χ0v) is 26.0. The van der Waals surface area contributed by atoms with Crippen molar-refractivity contribution in [2.24, 2.45) is 0 Å². The van der Waals surface area contributed by atoms with Gasteiger partial charge in [-0.2, -0.15) is 0 Å². The van der Waals surface area contributed by atoms with Crippen molar-refractivity contribution in [3.8, 4) is 55.6 Å². The normalized spacial score (nSPS) is 11.9. The van der Waals surface area contributed by atoms with E-state index in [1.807, 2.05) is 0 Å². The lowest BCUT2D eigenvalue weighted by molar-refractivity contribution is 1.61. The molecule has 0 saturated carbocycles. The Labute approximate surface area is 269 Å². The van der Waals surface area contributed by atoms with Crippen molar-refractivity contribution in [3.63, 3.8) is 0 Å². The van der Waals surface area contributed by atoms with Crippen LogP contribution in [0.1, 0.15) is 0 Å². The van der Waals surface area contributed by atoms with Gasteiger partial charge in [0.15, 0.2) is 0 Å². The number of fused-ring (bicyclic) bond motifs is 5. The van der Waals surface area contributed by atoms with E-state index in [1.54, 1.807) is 0 Å². The number of hydrogen-bond acceptors (Lipinski definition) is 0. The molecule has 1 aliphatic carbocycles. The molecule has 0 aromatic heterocycles. The van der Waals surface area contributed by atoms with Gasteiger partial charge in [-0.1, -0.05) is 145 Å². The summed E-state index contributed by atoms with van der Waals surface area (Å²) in [5, 5.41) is 8.15. The van der Waals surface area contributed by atoms with Gasteiger partial charge in [0, 0.05) is 4.47 Å². The minimum atomic E-state index is 0.709. The molecule has 0 heterocycles. The molecule has 1 aliphatic rings. The summed E-state index contributed by atoms with van der Waals surface area (Å²) < 4.78 is 0.898. The first-order valence-electron chi connectivity index (χ1n) is 14.8. The highest BCUT2D eigenvalue weighted by Gasteiger charge is 2.31. The quantitative estimate of drug-likeness (QED) is 0.180. The van der Waals surface area contributed by atoms with Crippen LogP contribution in [0, 0.1) is 0 Å². The van der Waals surface area contributed by atoms with E-state index in [0.717, 1.165) is 9.86 Å². The third-order valence-corrected chi connectivity index (χ3v) is 10.3. The highest BCUT2D eigenvalue weighted by molar-refractivity contribution is 9.10. The van der Waals surface area contributed by atoms with Crippen molar-refractivity contribution in [3.05, 3.63) is 155 Å². The molecule has 0 bridgehead atoms. The van der Waals surface area contributed by atoms with Crippen LogP contribution in [0.15, 0.2) is 150 Å². The summed E-state index contributed by atoms with van der Waals surface area (Å²) in [6, 6.07) is 52.7. The van der Waals surface area contributed by atoms with E-state index in [4.69, 9.17) is 11.6 Å². The fourth-order valence-corrected chi connectivity index (χ4v) is 7.85. The third kappa shape index (κ3) is 3.70. The van der Waals surface area contributed by atoms with Gasteiger partial charge in [0.25, 0.3) is 0 Å². The zero-order valence-electron chi connectivity index (χ0n) is 23.6. The van der Waals surface area contributed by atoms with Crippen LogP contribution in [-0.2, 0) is 0 Å². The van der Waals surface area contributed by atoms with Crippen LogP contribution in [0.2, 0.25) is 5.02 Å². The van der Waals surface area contributed by atoms with Gasteiger partial charge in [-0.05, 0) is 116 Å². The van der Waals surface area contributed by atoms with Gasteiger partial charge in [0.1, 0.15) is 0 Å². The molecule has 0 saturated heterocycles. The molecule has 8 aromatic carbocycles. The van der Waals surface area contributed by atoms with E-state index in [0.29, 0.717) is 5.02 Å². The van der Waals surface area contributed by atoms with Gasteiger partial charge in [-0.3, -0.25) is 0 Å². The molecule has 44 heavy (non-hydrogen) atoms. The van der Waals surface area contributed by atoms with Gasteiger partial charge < -0.3 is 0 Å². The van der Waals surface area contributed by atoms with Crippen molar-refractivity contribution >= 4 is 59.8 Å². The van der Waals surface area contributed by atoms with Gasteiger partial charge >= 0.3 is 0 Å². The van der Waals surface area contributed by atoms with Crippen molar-refractivity contribution in [2.75, 3.05) is 0 Å². The first-order valence-corrected chi connectivity index (χ1v) is 16.0. The Bertz CT molecular complexity index is 2340. The SMILES string of the molecule is Clc1cc2c(-c3ccccc3)c3c(c(-c4ccccc4)c2cc1Br)-c1ccc(-c2cccc4ccccc24)c2cccc-3c12. The minimum absolute atomic E-state index is 0.709. The van der Waals surface area contributed by atoms with Gasteiger partial charge in [-0.25, -0.2) is 0 Å². The molecule has 0 nitrogen and oxygen atoms in total. The second-order valence-electron chi connectivity index (χ2n) is 11.5. The number of halogens is 2. The predicted octanol–water partition coefficient (Wildman–Crippen LogP) is 13.2. The highest BCUT2D eigenvalue weighted by atomic mass is 79.9. The molecule has 0 amide bonds. The van der Waals surface area contributed by atoms with Gasteiger partial charge in [-0.15, -0.1) is 0 Å². The van der Waals surface area contributed by atoms with E-state index < -0.39 is 0 Å². The maximum atomic E-state index is 6.86. The van der Waals surface area contributed by atoms with E-state index in [1.165, 1.54) is 82.6 Å². The van der Waals surface area contributed by atoms with E-state index in [2.05, 4.69) is 162 Å². The molecule has 206 valence electrons. The van der Waals surface area contributed by atoms with Crippen LogP contribution in [0.25, 0.3) is 88.0 Å². The Hall–Kier alpha value is -4.69. The Kier molecular flexibility index (Phi) is 5.81. The summed E-state index contributed by atoms with van der Waals surface area (Å²) in [7, 11) is 0. The summed E-state index contributed by atoms with van der Waals surface area (Å²) >= 11 is 10.6. The summed E-state index contributed by atoms with van der Waals surface area (Å²) in [5.74, 6) is 0. The highest BCUT2D eigenvalue weighted by Crippen LogP contribution is 2.59. The topological polar surface area (TPSA) is 0 Å². The van der Waals surface area contributed by atoms with Crippen LogP contribution in [-0.4, -0.2) is 0 Å². The average molecular weight is 644 g/mol. The third-order valence-electron chi connectivity index (χ3n) is 9.13. The Balaban J connectivity index is 1.48. The van der Waals surface area contributed by atoms with Crippen molar-refractivity contribution < 1.29 is 0 Å². The summed E-state index contributed by atoms with van der Waals surface area (Å²) in [6.07, 6.45) is 0. The summed E-state index contributed by atoms with van der Waals surface area (Å²) in [6.45, 7) is 0. The van der Waals surface area contributed by atoms with E-state index >= 15 is 0 Å². The molecule has 0 aliphatic heterocycles. The van der Waals surface area contributed by atoms with Crippen LogP contribution < -0.4 is 0 Å². The maximum Gasteiger partial charge on any atom is 0.0554 e. The lowest BCUT2D eigenvalue weighted by Crippen LogP contribution is -1.94. The standard InChI is InChI=1S/C42H24BrCl/c43-36-23-34-35(24-37(36)44)39(27-14-5-2-6-15-27)41-32-20-10-19-31-30(29-18-9-16-25-11-7-8-17-28(25)29)21-22-33(40(31)32)42(41)38(34)26-12-3-1-4-13-26/h1-24H. The number of hydrogen-bond donors (Lipinski definition) is 0. The van der Waals surface area contributed by atoms with E-state index in [9.17, 15) is 0 Å². The van der Waals surface area contributed by atoms with Crippen LogP contribution >= 0.6 is 27.5 Å². The minimum Gasteiger partial charge on any atom is -0.0831 e. The van der Waals surface area contributed by atoms with Crippen molar-refractivity contribution in [1.29, 1.82) is 0 Å². The number of rotatable bonds is 3. The maximum absolute atomic E-state index is 6.86. The largest absolute Gasteiger partial charge is 0.0831 e. The lowest BCUT2D eigenvalue weighted by atomic mass is 9.82. The molecule has 9 rings (SSSR count). The van der Waals surface area contributed by atoms with E-state index in [-0.39, 0.29) is 0 Å². The number of benzene rings is 8. The molecule has 0 unspecified atom stereocenters. The van der Waals surface area contributed by atoms with Gasteiger partial charge in [0.05, 0.1) is 5.02 Å². The summed E-state index contributed by atoms with van der Waals surface area (Å²) in [5.41, 5.74) is 12.5. The van der Waals surface area contributed by atoms with Gasteiger partial charge in [0.2, 0.25) is 0 Å². The Morgan fingerprint density at radius 2 is 0.886 bits per heavy atom. The monoisotopic (exact) mass is 642 g/mol. The second-order valence-corrected chi connectivity index (χ2v) is 12.7. The fraction of sp³-hybridized carbons (Fsp3) is 0. The average Bonchev–Trinajstić information content (AvgIpc) is 3.40.